The largest absolute Gasteiger partial charge is 0.480 e. The summed E-state index contributed by atoms with van der Waals surface area (Å²) in [6, 6.07) is 9.00. The lowest BCUT2D eigenvalue weighted by atomic mass is 9.53. The maximum absolute atomic E-state index is 14.4. The number of aromatic nitrogens is 2. The Morgan fingerprint density at radius 3 is 2.52 bits per heavy atom. The Kier molecular flexibility index (Phi) is 6.33. The van der Waals surface area contributed by atoms with Crippen molar-refractivity contribution in [1.29, 1.82) is 0 Å². The van der Waals surface area contributed by atoms with Crippen LogP contribution in [0.5, 0.6) is 0 Å². The fourth-order valence-electron chi connectivity index (χ4n) is 11.1. The van der Waals surface area contributed by atoms with Crippen LogP contribution >= 0.6 is 0 Å². The maximum Gasteiger partial charge on any atom is 0.323 e. The molecule has 8 heteroatoms. The van der Waals surface area contributed by atoms with E-state index in [1.165, 1.54) is 56.3 Å². The van der Waals surface area contributed by atoms with Crippen molar-refractivity contribution in [2.24, 2.45) is 23.2 Å². The number of hydrogen-bond acceptors (Lipinski definition) is 5. The number of carbonyl (C=O) groups is 2. The van der Waals surface area contributed by atoms with Gasteiger partial charge in [-0.05, 0) is 106 Å². The van der Waals surface area contributed by atoms with Gasteiger partial charge in [-0.3, -0.25) is 19.3 Å². The molecule has 4 unspecified atom stereocenters. The van der Waals surface area contributed by atoms with E-state index in [-0.39, 0.29) is 17.5 Å². The maximum atomic E-state index is 14.4. The summed E-state index contributed by atoms with van der Waals surface area (Å²) in [6.07, 6.45) is 14.2. The third-order valence-corrected chi connectivity index (χ3v) is 12.5. The summed E-state index contributed by atoms with van der Waals surface area (Å²) in [7, 11) is 0. The molecular weight excluding hydrogens is 528 g/mol. The molecule has 1 aromatic heterocycles. The van der Waals surface area contributed by atoms with Crippen LogP contribution in [0.15, 0.2) is 29.1 Å². The summed E-state index contributed by atoms with van der Waals surface area (Å²) in [6.45, 7) is 2.17. The molecule has 0 radical (unpaired) electrons. The first-order chi connectivity index (χ1) is 20.3. The summed E-state index contributed by atoms with van der Waals surface area (Å²) in [5.41, 5.74) is 2.33. The minimum absolute atomic E-state index is 0.0776. The van der Waals surface area contributed by atoms with Gasteiger partial charge in [0.15, 0.2) is 0 Å². The van der Waals surface area contributed by atoms with Crippen molar-refractivity contribution in [3.05, 3.63) is 40.3 Å². The van der Waals surface area contributed by atoms with Gasteiger partial charge in [0.1, 0.15) is 12.2 Å². The van der Waals surface area contributed by atoms with Crippen LogP contribution in [0.3, 0.4) is 0 Å². The number of carboxylic acids is 1. The van der Waals surface area contributed by atoms with Gasteiger partial charge in [0.2, 0.25) is 5.91 Å². The van der Waals surface area contributed by atoms with Crippen LogP contribution < -0.4 is 5.56 Å². The molecule has 1 aromatic carbocycles. The first kappa shape index (κ1) is 26.9. The van der Waals surface area contributed by atoms with Gasteiger partial charge >= 0.3 is 5.97 Å². The van der Waals surface area contributed by atoms with Gasteiger partial charge in [0.25, 0.3) is 5.56 Å². The second-order valence-corrected chi connectivity index (χ2v) is 15.0. The number of aliphatic carboxylic acids is 1. The van der Waals surface area contributed by atoms with E-state index >= 15 is 0 Å². The van der Waals surface area contributed by atoms with Crippen molar-refractivity contribution < 1.29 is 14.7 Å². The van der Waals surface area contributed by atoms with Gasteiger partial charge in [0.05, 0.1) is 17.1 Å². The minimum Gasteiger partial charge on any atom is -0.480 e. The number of fused-ring (bicyclic) bond motifs is 4. The Morgan fingerprint density at radius 1 is 0.952 bits per heavy atom. The molecule has 8 nitrogen and oxygen atoms in total. The lowest BCUT2D eigenvalue weighted by molar-refractivity contribution is -0.148. The highest BCUT2D eigenvalue weighted by Crippen LogP contribution is 2.66. The Morgan fingerprint density at radius 2 is 1.74 bits per heavy atom. The quantitative estimate of drug-likeness (QED) is 0.522. The van der Waals surface area contributed by atoms with Gasteiger partial charge in [-0.15, -0.1) is 0 Å². The second kappa shape index (κ2) is 9.90. The van der Waals surface area contributed by atoms with E-state index in [0.29, 0.717) is 48.5 Å². The van der Waals surface area contributed by atoms with E-state index in [9.17, 15) is 19.5 Å². The number of rotatable bonds is 5. The topological polar surface area (TPSA) is 95.7 Å². The van der Waals surface area contributed by atoms with Gasteiger partial charge in [-0.25, -0.2) is 4.98 Å². The molecule has 224 valence electrons. The normalized spacial score (nSPS) is 39.6. The molecule has 4 heterocycles. The van der Waals surface area contributed by atoms with Crippen molar-refractivity contribution in [3.8, 4) is 0 Å². The van der Waals surface area contributed by atoms with Crippen LogP contribution in [0.2, 0.25) is 0 Å². The smallest absolute Gasteiger partial charge is 0.323 e. The van der Waals surface area contributed by atoms with E-state index < -0.39 is 18.6 Å². The monoisotopic (exact) mass is 572 g/mol. The highest BCUT2D eigenvalue weighted by molar-refractivity contribution is 5.82. The molecule has 0 spiro atoms. The fraction of sp³-hybridized carbons (Fsp3) is 0.706. The summed E-state index contributed by atoms with van der Waals surface area (Å²) < 4.78 is 2.01. The SMILES string of the molecule is CC12C[C@@H]3C[C@@H](CC31)C[C@@H](N1[C@@H]3CCC[C@H]1CC(n1c(=O)c(C4CCCC(=O)N4CC(=O)O)nc4ccccc41)C3)C2. The van der Waals surface area contributed by atoms with E-state index in [4.69, 9.17) is 4.98 Å². The van der Waals surface area contributed by atoms with Crippen LogP contribution in [0.1, 0.15) is 108 Å². The lowest BCUT2D eigenvalue weighted by Crippen LogP contribution is -2.59. The Bertz CT molecular complexity index is 1470. The number of para-hydroxylation sites is 2. The van der Waals surface area contributed by atoms with Crippen LogP contribution in [-0.4, -0.2) is 61.0 Å². The number of piperidine rings is 3. The molecule has 3 saturated carbocycles. The summed E-state index contributed by atoms with van der Waals surface area (Å²) in [5.74, 6) is 1.58. The van der Waals surface area contributed by atoms with Gasteiger partial charge in [0, 0.05) is 30.6 Å². The fourth-order valence-corrected chi connectivity index (χ4v) is 11.1. The third-order valence-electron chi connectivity index (χ3n) is 12.5. The summed E-state index contributed by atoms with van der Waals surface area (Å²) in [4.78, 5) is 48.1. The van der Waals surface area contributed by atoms with E-state index in [1.54, 1.807) is 0 Å². The van der Waals surface area contributed by atoms with Gasteiger partial charge in [-0.1, -0.05) is 25.5 Å². The Labute approximate surface area is 247 Å². The third kappa shape index (κ3) is 4.18. The zero-order valence-corrected chi connectivity index (χ0v) is 24.8. The Balaban J connectivity index is 1.15. The Hall–Kier alpha value is -2.74. The highest BCUT2D eigenvalue weighted by Gasteiger charge is 2.59. The molecule has 4 bridgehead atoms. The summed E-state index contributed by atoms with van der Waals surface area (Å²) in [5, 5.41) is 9.56. The molecule has 3 saturated heterocycles. The number of hydrogen-bond donors (Lipinski definition) is 1. The molecule has 6 fully saturated rings. The molecule has 2 aromatic rings. The lowest BCUT2D eigenvalue weighted by Gasteiger charge is -2.57. The van der Waals surface area contributed by atoms with Crippen molar-refractivity contribution in [2.75, 3.05) is 6.54 Å². The van der Waals surface area contributed by atoms with Crippen molar-refractivity contribution in [1.82, 2.24) is 19.4 Å². The van der Waals surface area contributed by atoms with Crippen molar-refractivity contribution in [2.45, 2.75) is 121 Å². The van der Waals surface area contributed by atoms with Crippen LogP contribution in [0.25, 0.3) is 11.0 Å². The molecule has 3 aliphatic heterocycles. The van der Waals surface area contributed by atoms with Gasteiger partial charge in [-0.2, -0.15) is 0 Å². The molecule has 1 amide bonds. The van der Waals surface area contributed by atoms with Gasteiger partial charge < -0.3 is 14.6 Å². The first-order valence-corrected chi connectivity index (χ1v) is 16.6. The predicted octanol–water partition coefficient (Wildman–Crippen LogP) is 5.31. The number of amides is 1. The minimum atomic E-state index is -1.06. The second-order valence-electron chi connectivity index (χ2n) is 15.0. The number of nitrogens with zero attached hydrogens (tertiary/aromatic N) is 4. The molecule has 42 heavy (non-hydrogen) atoms. The molecule has 6 aliphatic rings. The molecule has 1 N–H and O–H groups in total. The van der Waals surface area contributed by atoms with Crippen LogP contribution in [-0.2, 0) is 9.59 Å². The van der Waals surface area contributed by atoms with Crippen LogP contribution in [0, 0.1) is 23.2 Å². The zero-order chi connectivity index (χ0) is 28.7. The highest BCUT2D eigenvalue weighted by atomic mass is 16.4. The predicted molar refractivity (Wildman–Crippen MR) is 159 cm³/mol. The molecule has 9 atom stereocenters. The summed E-state index contributed by atoms with van der Waals surface area (Å²) >= 11 is 0. The zero-order valence-electron chi connectivity index (χ0n) is 24.8. The number of carboxylic acid groups (broad SMARTS) is 1. The molecule has 3 aliphatic carbocycles. The van der Waals surface area contributed by atoms with Crippen LogP contribution in [0.4, 0.5) is 0 Å². The van der Waals surface area contributed by atoms with E-state index in [0.717, 1.165) is 41.6 Å². The average Bonchev–Trinajstić information content (AvgIpc) is 3.24. The molecule has 8 rings (SSSR count). The van der Waals surface area contributed by atoms with Crippen molar-refractivity contribution >= 4 is 22.9 Å². The van der Waals surface area contributed by atoms with E-state index in [1.807, 2.05) is 28.8 Å². The number of carbonyl (C=O) groups excluding carboxylic acids is 1. The average molecular weight is 573 g/mol. The first-order valence-electron chi connectivity index (χ1n) is 16.6. The van der Waals surface area contributed by atoms with E-state index in [2.05, 4.69) is 11.8 Å². The number of benzene rings is 1. The number of likely N-dealkylation sites (tertiary alicyclic amines) is 1. The molecular formula is C34H44N4O4. The standard InChI is InChI=1S/C34H44N4O4/c1-34-17-21-12-20(14-26(21)34)13-25(18-34)37-22-6-4-7-23(37)16-24(15-22)38-28-9-3-2-8-27(28)35-32(33(38)42)29-10-5-11-30(39)36(29)19-31(40)41/h2-3,8-9,20-26,29H,4-7,10-19H2,1H3,(H,40,41)/t20-,21+,22-,23+,24?,25-,26?,29?,34?/m1/s1. The van der Waals surface area contributed by atoms with Crippen molar-refractivity contribution in [3.63, 3.8) is 0 Å².